The SMILES string of the molecule is CCc1ccccc1CN1CCCCC1CN.Cl. The number of likely N-dealkylation sites (tertiary alicyclic amines) is 1. The first-order valence-electron chi connectivity index (χ1n) is 6.86. The Morgan fingerprint density at radius 3 is 2.61 bits per heavy atom. The lowest BCUT2D eigenvalue weighted by Crippen LogP contribution is -2.43. The number of hydrogen-bond acceptors (Lipinski definition) is 2. The molecule has 2 N–H and O–H groups in total. The maximum atomic E-state index is 5.88. The van der Waals surface area contributed by atoms with Gasteiger partial charge in [-0.2, -0.15) is 0 Å². The van der Waals surface area contributed by atoms with Crippen molar-refractivity contribution in [2.24, 2.45) is 5.73 Å². The maximum Gasteiger partial charge on any atom is 0.0239 e. The van der Waals surface area contributed by atoms with E-state index in [0.717, 1.165) is 19.5 Å². The second-order valence-corrected chi connectivity index (χ2v) is 4.98. The Morgan fingerprint density at radius 1 is 1.22 bits per heavy atom. The molecule has 1 heterocycles. The molecule has 0 spiro atoms. The standard InChI is InChI=1S/C15H24N2.ClH/c1-2-13-7-3-4-8-14(13)12-17-10-6-5-9-15(17)11-16;/h3-4,7-8,15H,2,5-6,9-12,16H2,1H3;1H. The third kappa shape index (κ3) is 3.71. The van der Waals surface area contributed by atoms with Crippen molar-refractivity contribution >= 4 is 12.4 Å². The average Bonchev–Trinajstić information content (AvgIpc) is 2.40. The van der Waals surface area contributed by atoms with Gasteiger partial charge < -0.3 is 5.73 Å². The van der Waals surface area contributed by atoms with Crippen molar-refractivity contribution in [1.82, 2.24) is 4.90 Å². The van der Waals surface area contributed by atoms with Crippen molar-refractivity contribution in [3.05, 3.63) is 35.4 Å². The molecule has 1 saturated heterocycles. The van der Waals surface area contributed by atoms with Gasteiger partial charge in [-0.15, -0.1) is 12.4 Å². The highest BCUT2D eigenvalue weighted by Gasteiger charge is 2.21. The molecule has 0 aromatic heterocycles. The molecule has 0 bridgehead atoms. The zero-order valence-electron chi connectivity index (χ0n) is 11.3. The summed E-state index contributed by atoms with van der Waals surface area (Å²) in [6.45, 7) is 5.32. The molecule has 1 atom stereocenters. The molecule has 1 aromatic rings. The first kappa shape index (κ1) is 15.5. The topological polar surface area (TPSA) is 29.3 Å². The largest absolute Gasteiger partial charge is 0.329 e. The Bertz CT molecular complexity index is 354. The Morgan fingerprint density at radius 2 is 1.94 bits per heavy atom. The molecular weight excluding hydrogens is 244 g/mol. The van der Waals surface area contributed by atoms with E-state index >= 15 is 0 Å². The summed E-state index contributed by atoms with van der Waals surface area (Å²) in [5, 5.41) is 0. The smallest absolute Gasteiger partial charge is 0.0239 e. The van der Waals surface area contributed by atoms with Gasteiger partial charge in [0.15, 0.2) is 0 Å². The van der Waals surface area contributed by atoms with Gasteiger partial charge in [-0.3, -0.25) is 4.90 Å². The number of benzene rings is 1. The quantitative estimate of drug-likeness (QED) is 0.910. The Balaban J connectivity index is 0.00000162. The van der Waals surface area contributed by atoms with Gasteiger partial charge in [0.2, 0.25) is 0 Å². The molecule has 2 rings (SSSR count). The van der Waals surface area contributed by atoms with Crippen LogP contribution in [0.2, 0.25) is 0 Å². The summed E-state index contributed by atoms with van der Waals surface area (Å²) in [6, 6.07) is 9.39. The first-order valence-corrected chi connectivity index (χ1v) is 6.86. The maximum absolute atomic E-state index is 5.88. The fourth-order valence-electron chi connectivity index (χ4n) is 2.81. The van der Waals surface area contributed by atoms with E-state index in [1.54, 1.807) is 0 Å². The van der Waals surface area contributed by atoms with E-state index < -0.39 is 0 Å². The molecule has 1 aliphatic rings. The number of piperidine rings is 1. The molecule has 0 radical (unpaired) electrons. The van der Waals surface area contributed by atoms with Crippen LogP contribution in [0.5, 0.6) is 0 Å². The van der Waals surface area contributed by atoms with E-state index in [-0.39, 0.29) is 12.4 Å². The Hall–Kier alpha value is -0.570. The van der Waals surface area contributed by atoms with Gasteiger partial charge in [0.05, 0.1) is 0 Å². The molecule has 0 amide bonds. The summed E-state index contributed by atoms with van der Waals surface area (Å²) in [7, 11) is 0. The summed E-state index contributed by atoms with van der Waals surface area (Å²) < 4.78 is 0. The van der Waals surface area contributed by atoms with Crippen LogP contribution < -0.4 is 5.73 Å². The zero-order valence-corrected chi connectivity index (χ0v) is 12.1. The van der Waals surface area contributed by atoms with Crippen molar-refractivity contribution in [1.29, 1.82) is 0 Å². The molecule has 0 saturated carbocycles. The third-order valence-electron chi connectivity index (χ3n) is 3.89. The van der Waals surface area contributed by atoms with Crippen molar-refractivity contribution in [2.45, 2.75) is 45.2 Å². The first-order chi connectivity index (χ1) is 8.35. The minimum Gasteiger partial charge on any atom is -0.329 e. The predicted molar refractivity (Wildman–Crippen MR) is 80.2 cm³/mol. The highest BCUT2D eigenvalue weighted by molar-refractivity contribution is 5.85. The van der Waals surface area contributed by atoms with Crippen LogP contribution >= 0.6 is 12.4 Å². The molecule has 1 unspecified atom stereocenters. The zero-order chi connectivity index (χ0) is 12.1. The van der Waals surface area contributed by atoms with Gasteiger partial charge in [-0.05, 0) is 36.9 Å². The molecule has 1 aliphatic heterocycles. The normalized spacial score (nSPS) is 20.4. The molecule has 18 heavy (non-hydrogen) atoms. The Labute approximate surface area is 117 Å². The lowest BCUT2D eigenvalue weighted by Gasteiger charge is -2.35. The highest BCUT2D eigenvalue weighted by Crippen LogP contribution is 2.20. The van der Waals surface area contributed by atoms with Crippen LogP contribution in [0.1, 0.15) is 37.3 Å². The van der Waals surface area contributed by atoms with E-state index in [0.29, 0.717) is 6.04 Å². The van der Waals surface area contributed by atoms with Gasteiger partial charge in [0, 0.05) is 19.1 Å². The van der Waals surface area contributed by atoms with Gasteiger partial charge in [-0.1, -0.05) is 37.6 Å². The van der Waals surface area contributed by atoms with Crippen LogP contribution in [-0.2, 0) is 13.0 Å². The fraction of sp³-hybridized carbons (Fsp3) is 0.600. The summed E-state index contributed by atoms with van der Waals surface area (Å²) in [4.78, 5) is 2.57. The van der Waals surface area contributed by atoms with Gasteiger partial charge >= 0.3 is 0 Å². The fourth-order valence-corrected chi connectivity index (χ4v) is 2.81. The van der Waals surface area contributed by atoms with E-state index in [4.69, 9.17) is 5.73 Å². The summed E-state index contributed by atoms with van der Waals surface area (Å²) in [5.41, 5.74) is 8.84. The minimum atomic E-state index is 0. The molecular formula is C15H25ClN2. The molecule has 102 valence electrons. The van der Waals surface area contributed by atoms with Crippen molar-refractivity contribution in [3.8, 4) is 0 Å². The van der Waals surface area contributed by atoms with Crippen LogP contribution in [0.4, 0.5) is 0 Å². The highest BCUT2D eigenvalue weighted by atomic mass is 35.5. The summed E-state index contributed by atoms with van der Waals surface area (Å²) in [5.74, 6) is 0. The lowest BCUT2D eigenvalue weighted by molar-refractivity contribution is 0.144. The van der Waals surface area contributed by atoms with Gasteiger partial charge in [0.25, 0.3) is 0 Å². The second kappa shape index (κ2) is 7.78. The van der Waals surface area contributed by atoms with E-state index in [2.05, 4.69) is 36.1 Å². The van der Waals surface area contributed by atoms with Gasteiger partial charge in [-0.25, -0.2) is 0 Å². The molecule has 2 nitrogen and oxygen atoms in total. The van der Waals surface area contributed by atoms with E-state index in [9.17, 15) is 0 Å². The number of rotatable bonds is 4. The minimum absolute atomic E-state index is 0. The summed E-state index contributed by atoms with van der Waals surface area (Å²) >= 11 is 0. The molecule has 3 heteroatoms. The van der Waals surface area contributed by atoms with E-state index in [1.807, 2.05) is 0 Å². The van der Waals surface area contributed by atoms with Crippen molar-refractivity contribution < 1.29 is 0 Å². The second-order valence-electron chi connectivity index (χ2n) is 4.98. The third-order valence-corrected chi connectivity index (χ3v) is 3.89. The van der Waals surface area contributed by atoms with Gasteiger partial charge in [0.1, 0.15) is 0 Å². The van der Waals surface area contributed by atoms with Crippen LogP contribution in [0.25, 0.3) is 0 Å². The summed E-state index contributed by atoms with van der Waals surface area (Å²) in [6.07, 6.45) is 5.06. The van der Waals surface area contributed by atoms with Crippen LogP contribution in [-0.4, -0.2) is 24.0 Å². The average molecular weight is 269 g/mol. The number of nitrogens with zero attached hydrogens (tertiary/aromatic N) is 1. The molecule has 0 aliphatic carbocycles. The molecule has 1 fully saturated rings. The molecule has 1 aromatic carbocycles. The van der Waals surface area contributed by atoms with Crippen LogP contribution in [0.15, 0.2) is 24.3 Å². The number of nitrogens with two attached hydrogens (primary N) is 1. The lowest BCUT2D eigenvalue weighted by atomic mass is 9.99. The van der Waals surface area contributed by atoms with Crippen molar-refractivity contribution in [3.63, 3.8) is 0 Å². The Kier molecular flexibility index (Phi) is 6.69. The predicted octanol–water partition coefficient (Wildman–Crippen LogP) is 2.98. The monoisotopic (exact) mass is 268 g/mol. The van der Waals surface area contributed by atoms with Crippen molar-refractivity contribution in [2.75, 3.05) is 13.1 Å². The van der Waals surface area contributed by atoms with E-state index in [1.165, 1.54) is 36.9 Å². The van der Waals surface area contributed by atoms with Crippen LogP contribution in [0, 0.1) is 0 Å². The number of halogens is 1. The number of aryl methyl sites for hydroxylation is 1. The van der Waals surface area contributed by atoms with Crippen LogP contribution in [0.3, 0.4) is 0 Å². The number of hydrogen-bond donors (Lipinski definition) is 1.